The summed E-state index contributed by atoms with van der Waals surface area (Å²) in [4.78, 5) is 70.4. The standard InChI is InChI=1S/C31H39N5O10S/c37-25-18-36(23(31(45)46)8-10-27(40)41)16-14-34(13-15-35(12-11-32-25)22(30(43)44)7-9-26(38)39)17-19-5-6-21-28(42)20-3-1-2-4-24(20)47-29(21)33-19/h1-6,22-23,25,32,37H,7-18H2,(H,38,39)(H,40,41)(H,43,44)(H,45,46). The van der Waals surface area contributed by atoms with Gasteiger partial charge in [0.05, 0.1) is 11.1 Å². The molecule has 3 heterocycles. The molecule has 0 radical (unpaired) electrons. The molecule has 1 aromatic carbocycles. The van der Waals surface area contributed by atoms with Crippen molar-refractivity contribution in [3.05, 3.63) is 52.3 Å². The number of carboxylic acids is 4. The van der Waals surface area contributed by atoms with Crippen LogP contribution >= 0.6 is 11.3 Å². The highest BCUT2D eigenvalue weighted by molar-refractivity contribution is 7.24. The van der Waals surface area contributed by atoms with Gasteiger partial charge in [0.15, 0.2) is 5.43 Å². The maximum Gasteiger partial charge on any atom is 0.320 e. The number of rotatable bonds is 12. The highest BCUT2D eigenvalue weighted by Crippen LogP contribution is 2.24. The molecule has 16 heteroatoms. The van der Waals surface area contributed by atoms with Crippen molar-refractivity contribution in [1.82, 2.24) is 25.0 Å². The van der Waals surface area contributed by atoms with Crippen LogP contribution in [0.1, 0.15) is 31.4 Å². The molecule has 3 unspecified atom stereocenters. The molecule has 1 aliphatic heterocycles. The van der Waals surface area contributed by atoms with Crippen LogP contribution < -0.4 is 10.7 Å². The molecule has 2 aromatic heterocycles. The number of carboxylic acid groups (broad SMARTS) is 4. The molecule has 15 nitrogen and oxygen atoms in total. The number of hydrogen-bond acceptors (Lipinski definition) is 12. The lowest BCUT2D eigenvalue weighted by molar-refractivity contribution is -0.146. The molecule has 0 saturated carbocycles. The second-order valence-electron chi connectivity index (χ2n) is 11.4. The molecule has 0 aliphatic carbocycles. The molecule has 1 saturated heterocycles. The fraction of sp³-hybridized carbons (Fsp3) is 0.484. The van der Waals surface area contributed by atoms with Crippen LogP contribution in [0.2, 0.25) is 0 Å². The van der Waals surface area contributed by atoms with Crippen molar-refractivity contribution in [2.75, 3.05) is 45.8 Å². The summed E-state index contributed by atoms with van der Waals surface area (Å²) < 4.78 is 0.793. The second-order valence-corrected chi connectivity index (χ2v) is 12.5. The highest BCUT2D eigenvalue weighted by atomic mass is 32.1. The summed E-state index contributed by atoms with van der Waals surface area (Å²) in [5.41, 5.74) is 0.497. The second kappa shape index (κ2) is 16.7. The van der Waals surface area contributed by atoms with Crippen molar-refractivity contribution in [1.29, 1.82) is 0 Å². The molecule has 254 valence electrons. The zero-order chi connectivity index (χ0) is 34.1. The van der Waals surface area contributed by atoms with Crippen molar-refractivity contribution in [2.45, 2.75) is 50.5 Å². The van der Waals surface area contributed by atoms with Crippen molar-refractivity contribution in [3.63, 3.8) is 0 Å². The minimum Gasteiger partial charge on any atom is -0.481 e. The average molecular weight is 674 g/mol. The zero-order valence-corrected chi connectivity index (χ0v) is 26.5. The lowest BCUT2D eigenvalue weighted by Gasteiger charge is -2.36. The lowest BCUT2D eigenvalue weighted by Crippen LogP contribution is -2.54. The number of β-amino-alcohol motifs (C(OH)–C–C–N with tert-alkyl or cyclic N) is 1. The number of nitrogens with one attached hydrogen (secondary N) is 1. The minimum absolute atomic E-state index is 0.121. The number of nitrogens with zero attached hydrogens (tertiary/aromatic N) is 4. The summed E-state index contributed by atoms with van der Waals surface area (Å²) in [5, 5.41) is 53.0. The van der Waals surface area contributed by atoms with E-state index in [1.165, 1.54) is 16.2 Å². The summed E-state index contributed by atoms with van der Waals surface area (Å²) in [6.45, 7) is 1.28. The van der Waals surface area contributed by atoms with E-state index in [4.69, 9.17) is 4.98 Å². The van der Waals surface area contributed by atoms with Crippen LogP contribution in [0.5, 0.6) is 0 Å². The number of benzene rings is 1. The van der Waals surface area contributed by atoms with Crippen LogP contribution in [0.4, 0.5) is 0 Å². The smallest absolute Gasteiger partial charge is 0.320 e. The number of fused-ring (bicyclic) bond motifs is 2. The fourth-order valence-electron chi connectivity index (χ4n) is 5.75. The van der Waals surface area contributed by atoms with Crippen molar-refractivity contribution in [3.8, 4) is 0 Å². The van der Waals surface area contributed by atoms with Crippen molar-refractivity contribution < 1.29 is 44.7 Å². The van der Waals surface area contributed by atoms with E-state index in [0.29, 0.717) is 27.8 Å². The predicted molar refractivity (Wildman–Crippen MR) is 172 cm³/mol. The molecule has 3 atom stereocenters. The number of hydrogen-bond donors (Lipinski definition) is 6. The summed E-state index contributed by atoms with van der Waals surface area (Å²) in [7, 11) is 0. The number of pyridine rings is 1. The molecular formula is C31H39N5O10S. The Kier molecular flexibility index (Phi) is 12.7. The topological polar surface area (TPSA) is 221 Å². The Morgan fingerprint density at radius 2 is 1.45 bits per heavy atom. The molecule has 3 aromatic rings. The van der Waals surface area contributed by atoms with E-state index in [1.807, 2.05) is 17.0 Å². The Balaban J connectivity index is 1.64. The van der Waals surface area contributed by atoms with E-state index in [1.54, 1.807) is 29.2 Å². The molecule has 4 rings (SSSR count). The van der Waals surface area contributed by atoms with E-state index in [2.05, 4.69) is 5.32 Å². The molecule has 1 aliphatic rings. The minimum atomic E-state index is -1.22. The number of carbonyl (C=O) groups is 4. The molecule has 1 fully saturated rings. The van der Waals surface area contributed by atoms with Crippen LogP contribution in [-0.2, 0) is 25.7 Å². The Hall–Kier alpha value is -4.06. The first-order valence-electron chi connectivity index (χ1n) is 15.3. The summed E-state index contributed by atoms with van der Waals surface area (Å²) >= 11 is 1.38. The van der Waals surface area contributed by atoms with Crippen LogP contribution in [-0.4, -0.2) is 133 Å². The summed E-state index contributed by atoms with van der Waals surface area (Å²) in [5.74, 6) is -4.64. The first-order chi connectivity index (χ1) is 22.4. The van der Waals surface area contributed by atoms with E-state index < -0.39 is 42.2 Å². The van der Waals surface area contributed by atoms with Gasteiger partial charge in [-0.3, -0.25) is 44.0 Å². The van der Waals surface area contributed by atoms with Crippen LogP contribution in [0.3, 0.4) is 0 Å². The van der Waals surface area contributed by atoms with Gasteiger partial charge in [0, 0.05) is 75.3 Å². The van der Waals surface area contributed by atoms with Gasteiger partial charge in [0.25, 0.3) is 0 Å². The third-order valence-corrected chi connectivity index (χ3v) is 9.28. The quantitative estimate of drug-likeness (QED) is 0.146. The Morgan fingerprint density at radius 3 is 2.09 bits per heavy atom. The molecule has 0 spiro atoms. The summed E-state index contributed by atoms with van der Waals surface area (Å²) in [6.07, 6.45) is -2.22. The zero-order valence-electron chi connectivity index (χ0n) is 25.7. The Bertz CT molecular complexity index is 1650. The first-order valence-corrected chi connectivity index (χ1v) is 16.1. The Morgan fingerprint density at radius 1 is 0.830 bits per heavy atom. The normalized spacial score (nSPS) is 19.0. The number of aliphatic hydroxyl groups excluding tert-OH is 1. The van der Waals surface area contributed by atoms with Crippen LogP contribution in [0, 0.1) is 0 Å². The van der Waals surface area contributed by atoms with E-state index in [9.17, 15) is 49.5 Å². The third kappa shape index (κ3) is 9.96. The predicted octanol–water partition coefficient (Wildman–Crippen LogP) is 0.773. The highest BCUT2D eigenvalue weighted by Gasteiger charge is 2.31. The SMILES string of the molecule is O=C(O)CCC(C(=O)O)N1CCNC(O)CN(C(CCC(=O)O)C(=O)O)CCN(Cc2ccc3c(=O)c4ccccc4sc3n2)CC1. The molecule has 0 bridgehead atoms. The molecule has 0 amide bonds. The van der Waals surface area contributed by atoms with E-state index in [0.717, 1.165) is 4.70 Å². The number of aliphatic carboxylic acids is 4. The largest absolute Gasteiger partial charge is 0.481 e. The maximum atomic E-state index is 13.1. The Labute approximate surface area is 273 Å². The monoisotopic (exact) mass is 673 g/mol. The molecule has 47 heavy (non-hydrogen) atoms. The maximum absolute atomic E-state index is 13.1. The van der Waals surface area contributed by atoms with Crippen molar-refractivity contribution >= 4 is 55.5 Å². The fourth-order valence-corrected chi connectivity index (χ4v) is 6.81. The van der Waals surface area contributed by atoms with Crippen LogP contribution in [0.15, 0.2) is 41.2 Å². The van der Waals surface area contributed by atoms with Gasteiger partial charge in [-0.2, -0.15) is 0 Å². The van der Waals surface area contributed by atoms with Gasteiger partial charge in [-0.25, -0.2) is 4.98 Å². The average Bonchev–Trinajstić information content (AvgIpc) is 3.00. The molecular weight excluding hydrogens is 634 g/mol. The number of aromatic nitrogens is 1. The third-order valence-electron chi connectivity index (χ3n) is 8.19. The van der Waals surface area contributed by atoms with Gasteiger partial charge in [0.2, 0.25) is 0 Å². The van der Waals surface area contributed by atoms with E-state index >= 15 is 0 Å². The van der Waals surface area contributed by atoms with Crippen LogP contribution in [0.25, 0.3) is 20.3 Å². The van der Waals surface area contributed by atoms with Crippen molar-refractivity contribution in [2.24, 2.45) is 0 Å². The lowest BCUT2D eigenvalue weighted by atomic mass is 10.1. The van der Waals surface area contributed by atoms with Gasteiger partial charge in [-0.15, -0.1) is 11.3 Å². The number of aliphatic hydroxyl groups is 1. The van der Waals surface area contributed by atoms with Gasteiger partial charge in [-0.1, -0.05) is 12.1 Å². The van der Waals surface area contributed by atoms with Gasteiger partial charge >= 0.3 is 23.9 Å². The summed E-state index contributed by atoms with van der Waals surface area (Å²) in [6, 6.07) is 8.45. The first kappa shape index (κ1) is 35.8. The van der Waals surface area contributed by atoms with Gasteiger partial charge < -0.3 is 25.5 Å². The van der Waals surface area contributed by atoms with Gasteiger partial charge in [-0.05, 0) is 37.1 Å². The van der Waals surface area contributed by atoms with Gasteiger partial charge in [0.1, 0.15) is 23.1 Å². The van der Waals surface area contributed by atoms with E-state index in [-0.39, 0.29) is 76.9 Å². The molecule has 6 N–H and O–H groups in total.